The van der Waals surface area contributed by atoms with Crippen LogP contribution in [0.5, 0.6) is 11.5 Å². The predicted octanol–water partition coefficient (Wildman–Crippen LogP) is 3.38. The topological polar surface area (TPSA) is 65.1 Å². The zero-order valence-corrected chi connectivity index (χ0v) is 16.1. The number of rotatable bonds is 8. The van der Waals surface area contributed by atoms with Gasteiger partial charge >= 0.3 is 5.97 Å². The number of anilines is 1. The Kier molecular flexibility index (Phi) is 6.89. The van der Waals surface area contributed by atoms with Gasteiger partial charge in [0, 0.05) is 18.7 Å². The van der Waals surface area contributed by atoms with Gasteiger partial charge in [0.1, 0.15) is 11.5 Å². The molecular formula is C22H25NO5. The number of hydrogen-bond acceptors (Lipinski definition) is 5. The first-order chi connectivity index (χ1) is 13.7. The number of benzene rings is 2. The maximum absolute atomic E-state index is 12.5. The fraction of sp³-hybridized carbons (Fsp3) is 0.364. The molecule has 0 bridgehead atoms. The van der Waals surface area contributed by atoms with Crippen molar-refractivity contribution in [2.45, 2.75) is 25.7 Å². The maximum Gasteiger partial charge on any atom is 0.306 e. The van der Waals surface area contributed by atoms with Crippen LogP contribution in [0.2, 0.25) is 0 Å². The van der Waals surface area contributed by atoms with E-state index < -0.39 is 5.97 Å². The molecular weight excluding hydrogens is 358 g/mol. The molecule has 0 saturated heterocycles. The first-order valence-electron chi connectivity index (χ1n) is 9.48. The molecule has 2 aromatic carbocycles. The SMILES string of the molecule is COc1ccc2c(c1)CCCN2C(=O)COC(=O)CCCOc1ccccc1. The molecule has 0 aliphatic carbocycles. The van der Waals surface area contributed by atoms with Crippen LogP contribution in [-0.2, 0) is 20.7 Å². The van der Waals surface area contributed by atoms with Gasteiger partial charge in [0.15, 0.2) is 6.61 Å². The summed E-state index contributed by atoms with van der Waals surface area (Å²) in [6.07, 6.45) is 2.52. The fourth-order valence-electron chi connectivity index (χ4n) is 3.18. The first kappa shape index (κ1) is 19.7. The zero-order chi connectivity index (χ0) is 19.8. The van der Waals surface area contributed by atoms with Gasteiger partial charge in [-0.1, -0.05) is 18.2 Å². The Labute approximate surface area is 165 Å². The molecule has 28 heavy (non-hydrogen) atoms. The van der Waals surface area contributed by atoms with Crippen molar-refractivity contribution in [2.24, 2.45) is 0 Å². The molecule has 0 atom stereocenters. The van der Waals surface area contributed by atoms with Crippen LogP contribution in [0.4, 0.5) is 5.69 Å². The molecule has 0 fully saturated rings. The fourth-order valence-corrected chi connectivity index (χ4v) is 3.18. The third-order valence-electron chi connectivity index (χ3n) is 4.60. The summed E-state index contributed by atoms with van der Waals surface area (Å²) >= 11 is 0. The average Bonchev–Trinajstić information content (AvgIpc) is 2.75. The molecule has 6 nitrogen and oxygen atoms in total. The highest BCUT2D eigenvalue weighted by Gasteiger charge is 2.23. The molecule has 0 radical (unpaired) electrons. The minimum atomic E-state index is -0.392. The van der Waals surface area contributed by atoms with Crippen molar-refractivity contribution in [1.82, 2.24) is 0 Å². The van der Waals surface area contributed by atoms with Crippen molar-refractivity contribution in [2.75, 3.05) is 31.8 Å². The van der Waals surface area contributed by atoms with E-state index in [0.29, 0.717) is 19.6 Å². The third kappa shape index (κ3) is 5.25. The molecule has 1 aliphatic rings. The lowest BCUT2D eigenvalue weighted by molar-refractivity contribution is -0.148. The molecule has 1 aliphatic heterocycles. The number of para-hydroxylation sites is 1. The van der Waals surface area contributed by atoms with Crippen LogP contribution in [0.1, 0.15) is 24.8 Å². The lowest BCUT2D eigenvalue weighted by Gasteiger charge is -2.29. The highest BCUT2D eigenvalue weighted by atomic mass is 16.5. The molecule has 0 saturated carbocycles. The minimum absolute atomic E-state index is 0.208. The molecule has 0 unspecified atom stereocenters. The number of esters is 1. The summed E-state index contributed by atoms with van der Waals surface area (Å²) < 4.78 is 15.9. The van der Waals surface area contributed by atoms with Gasteiger partial charge in [0.25, 0.3) is 5.91 Å². The lowest BCUT2D eigenvalue weighted by Crippen LogP contribution is -2.38. The minimum Gasteiger partial charge on any atom is -0.497 e. The first-order valence-corrected chi connectivity index (χ1v) is 9.48. The van der Waals surface area contributed by atoms with Gasteiger partial charge in [-0.05, 0) is 55.2 Å². The Morgan fingerprint density at radius 1 is 1.07 bits per heavy atom. The largest absolute Gasteiger partial charge is 0.497 e. The smallest absolute Gasteiger partial charge is 0.306 e. The summed E-state index contributed by atoms with van der Waals surface area (Å²) in [5.41, 5.74) is 1.94. The molecule has 0 N–H and O–H groups in total. The van der Waals surface area contributed by atoms with E-state index in [1.54, 1.807) is 12.0 Å². The Hall–Kier alpha value is -3.02. The molecule has 3 rings (SSSR count). The molecule has 2 aromatic rings. The molecule has 6 heteroatoms. The highest BCUT2D eigenvalue weighted by molar-refractivity contribution is 5.96. The number of carbonyl (C=O) groups is 2. The van der Waals surface area contributed by atoms with Crippen molar-refractivity contribution in [3.05, 3.63) is 54.1 Å². The van der Waals surface area contributed by atoms with Gasteiger partial charge in [-0.2, -0.15) is 0 Å². The summed E-state index contributed by atoms with van der Waals surface area (Å²) in [7, 11) is 1.62. The van der Waals surface area contributed by atoms with Crippen molar-refractivity contribution in [3.8, 4) is 11.5 Å². The second kappa shape index (κ2) is 9.78. The summed E-state index contributed by atoms with van der Waals surface area (Å²) in [5.74, 6) is 0.945. The van der Waals surface area contributed by atoms with Crippen LogP contribution in [0.15, 0.2) is 48.5 Å². The number of aryl methyl sites for hydroxylation is 1. The molecule has 1 amide bonds. The number of hydrogen-bond donors (Lipinski definition) is 0. The predicted molar refractivity (Wildman–Crippen MR) is 106 cm³/mol. The van der Waals surface area contributed by atoms with E-state index in [-0.39, 0.29) is 18.9 Å². The van der Waals surface area contributed by atoms with E-state index in [1.165, 1.54) is 0 Å². The number of fused-ring (bicyclic) bond motifs is 1. The Balaban J connectivity index is 1.42. The molecule has 0 spiro atoms. The number of ether oxygens (including phenoxy) is 3. The second-order valence-corrected chi connectivity index (χ2v) is 6.57. The van der Waals surface area contributed by atoms with Crippen molar-refractivity contribution in [3.63, 3.8) is 0 Å². The summed E-state index contributed by atoms with van der Waals surface area (Å²) in [5, 5.41) is 0. The number of carbonyl (C=O) groups excluding carboxylic acids is 2. The van der Waals surface area contributed by atoms with E-state index >= 15 is 0 Å². The Morgan fingerprint density at radius 2 is 1.89 bits per heavy atom. The molecule has 0 aromatic heterocycles. The number of amides is 1. The zero-order valence-electron chi connectivity index (χ0n) is 16.1. The van der Waals surface area contributed by atoms with Crippen molar-refractivity contribution >= 4 is 17.6 Å². The lowest BCUT2D eigenvalue weighted by atomic mass is 10.0. The summed E-state index contributed by atoms with van der Waals surface area (Å²) in [6.45, 7) is 0.804. The van der Waals surface area contributed by atoms with Crippen LogP contribution in [0.3, 0.4) is 0 Å². The average molecular weight is 383 g/mol. The van der Waals surface area contributed by atoms with Crippen molar-refractivity contribution in [1.29, 1.82) is 0 Å². The highest BCUT2D eigenvalue weighted by Crippen LogP contribution is 2.30. The van der Waals surface area contributed by atoms with E-state index in [9.17, 15) is 9.59 Å². The van der Waals surface area contributed by atoms with Crippen LogP contribution < -0.4 is 14.4 Å². The van der Waals surface area contributed by atoms with Gasteiger partial charge < -0.3 is 19.1 Å². The Bertz CT molecular complexity index is 806. The van der Waals surface area contributed by atoms with Crippen LogP contribution in [0.25, 0.3) is 0 Å². The Morgan fingerprint density at radius 3 is 2.68 bits per heavy atom. The van der Waals surface area contributed by atoms with Gasteiger partial charge in [-0.3, -0.25) is 9.59 Å². The van der Waals surface area contributed by atoms with Gasteiger partial charge in [0.2, 0.25) is 0 Å². The van der Waals surface area contributed by atoms with E-state index in [1.807, 2.05) is 48.5 Å². The van der Waals surface area contributed by atoms with Gasteiger partial charge in [-0.25, -0.2) is 0 Å². The van der Waals surface area contributed by atoms with Gasteiger partial charge in [0.05, 0.1) is 13.7 Å². The molecule has 148 valence electrons. The maximum atomic E-state index is 12.5. The van der Waals surface area contributed by atoms with Crippen LogP contribution in [0, 0.1) is 0 Å². The van der Waals surface area contributed by atoms with Gasteiger partial charge in [-0.15, -0.1) is 0 Å². The third-order valence-corrected chi connectivity index (χ3v) is 4.60. The summed E-state index contributed by atoms with van der Waals surface area (Å²) in [6, 6.07) is 15.1. The van der Waals surface area contributed by atoms with E-state index in [4.69, 9.17) is 14.2 Å². The monoisotopic (exact) mass is 383 g/mol. The van der Waals surface area contributed by atoms with Crippen LogP contribution >= 0.6 is 0 Å². The quantitative estimate of drug-likeness (QED) is 0.516. The van der Waals surface area contributed by atoms with Crippen molar-refractivity contribution < 1.29 is 23.8 Å². The van der Waals surface area contributed by atoms with Crippen LogP contribution in [-0.4, -0.2) is 38.7 Å². The second-order valence-electron chi connectivity index (χ2n) is 6.57. The number of nitrogens with zero attached hydrogens (tertiary/aromatic N) is 1. The number of methoxy groups -OCH3 is 1. The molecule has 1 heterocycles. The van der Waals surface area contributed by atoms with E-state index in [2.05, 4.69) is 0 Å². The standard InChI is InChI=1S/C22H25NO5/c1-26-19-11-12-20-17(15-19)7-5-13-23(20)21(24)16-28-22(25)10-6-14-27-18-8-3-2-4-9-18/h2-4,8-9,11-12,15H,5-7,10,13-14,16H2,1H3. The summed E-state index contributed by atoms with van der Waals surface area (Å²) in [4.78, 5) is 26.1. The van der Waals surface area contributed by atoms with E-state index in [0.717, 1.165) is 35.6 Å². The normalized spacial score (nSPS) is 12.8.